The Morgan fingerprint density at radius 2 is 2.12 bits per heavy atom. The smallest absolute Gasteiger partial charge is 0.258 e. The van der Waals surface area contributed by atoms with Crippen molar-refractivity contribution in [2.24, 2.45) is 0 Å². The average Bonchev–Trinajstić information content (AvgIpc) is 2.64. The van der Waals surface area contributed by atoms with Crippen molar-refractivity contribution in [1.29, 1.82) is 0 Å². The first-order valence-electron chi connectivity index (χ1n) is 3.95. The molecule has 16 heavy (non-hydrogen) atoms. The maximum Gasteiger partial charge on any atom is 0.331 e. The quantitative estimate of drug-likeness (QED) is 0.467. The molecule has 0 bridgehead atoms. The van der Waals surface area contributed by atoms with Crippen LogP contribution in [0.2, 0.25) is 10.3 Å². The van der Waals surface area contributed by atoms with Crippen molar-refractivity contribution in [2.75, 3.05) is 0 Å². The summed E-state index contributed by atoms with van der Waals surface area (Å²) in [7, 11) is 0. The highest BCUT2D eigenvalue weighted by Crippen LogP contribution is 2.21. The van der Waals surface area contributed by atoms with E-state index in [4.69, 9.17) is 23.2 Å². The molecule has 2 aromatic rings. The maximum absolute atomic E-state index is 10.7. The van der Waals surface area contributed by atoms with E-state index >= 15 is 0 Å². The van der Waals surface area contributed by atoms with Crippen molar-refractivity contribution in [3.63, 3.8) is 0 Å². The molecule has 0 spiro atoms. The Labute approximate surface area is 98.8 Å². The molecule has 9 heteroatoms. The lowest BCUT2D eigenvalue weighted by molar-refractivity contribution is -0.385. The first kappa shape index (κ1) is 10.8. The summed E-state index contributed by atoms with van der Waals surface area (Å²) >= 11 is 11.2. The van der Waals surface area contributed by atoms with Crippen LogP contribution >= 0.6 is 23.2 Å². The van der Waals surface area contributed by atoms with Crippen LogP contribution in [-0.4, -0.2) is 24.7 Å². The van der Waals surface area contributed by atoms with Crippen LogP contribution in [0, 0.1) is 10.1 Å². The lowest BCUT2D eigenvalue weighted by Crippen LogP contribution is -2.04. The van der Waals surface area contributed by atoms with Crippen molar-refractivity contribution in [2.45, 2.75) is 0 Å². The van der Waals surface area contributed by atoms with Crippen LogP contribution < -0.4 is 0 Å². The third kappa shape index (κ3) is 1.95. The second kappa shape index (κ2) is 4.03. The molecule has 0 aliphatic rings. The lowest BCUT2D eigenvalue weighted by atomic mass is 10.5. The summed E-state index contributed by atoms with van der Waals surface area (Å²) in [5, 5.41) is 14.8. The van der Waals surface area contributed by atoms with Gasteiger partial charge < -0.3 is 0 Å². The summed E-state index contributed by atoms with van der Waals surface area (Å²) in [6, 6.07) is 0. The van der Waals surface area contributed by atoms with Crippen molar-refractivity contribution in [3.8, 4) is 5.82 Å². The molecule has 2 aromatic heterocycles. The van der Waals surface area contributed by atoms with E-state index in [0.29, 0.717) is 5.02 Å². The fraction of sp³-hybridized carbons (Fsp3) is 0. The van der Waals surface area contributed by atoms with Gasteiger partial charge >= 0.3 is 5.69 Å². The first-order chi connectivity index (χ1) is 7.58. The van der Waals surface area contributed by atoms with Crippen LogP contribution in [0.15, 0.2) is 18.6 Å². The molecule has 0 fully saturated rings. The van der Waals surface area contributed by atoms with Gasteiger partial charge in [0.2, 0.25) is 11.1 Å². The van der Waals surface area contributed by atoms with E-state index < -0.39 is 4.92 Å². The van der Waals surface area contributed by atoms with E-state index in [2.05, 4.69) is 15.1 Å². The standard InChI is InChI=1S/C7H3Cl2N5O2/c8-4-1-11-13(3-4)6-5(14(15)16)2-10-7(9)12-6/h1-3H. The lowest BCUT2D eigenvalue weighted by Gasteiger charge is -2.00. The van der Waals surface area contributed by atoms with Gasteiger partial charge in [-0.05, 0) is 11.6 Å². The minimum Gasteiger partial charge on any atom is -0.258 e. The number of rotatable bonds is 2. The zero-order valence-electron chi connectivity index (χ0n) is 7.54. The van der Waals surface area contributed by atoms with Gasteiger partial charge in [0.05, 0.1) is 22.3 Å². The highest BCUT2D eigenvalue weighted by atomic mass is 35.5. The summed E-state index contributed by atoms with van der Waals surface area (Å²) < 4.78 is 1.16. The summed E-state index contributed by atoms with van der Waals surface area (Å²) in [5.74, 6) is -0.0306. The van der Waals surface area contributed by atoms with Crippen LogP contribution in [0.4, 0.5) is 5.69 Å². The van der Waals surface area contributed by atoms with Crippen LogP contribution in [-0.2, 0) is 0 Å². The summed E-state index contributed by atoms with van der Waals surface area (Å²) in [5.41, 5.74) is -0.302. The fourth-order valence-electron chi connectivity index (χ4n) is 1.06. The predicted octanol–water partition coefficient (Wildman–Crippen LogP) is 1.88. The Morgan fingerprint density at radius 1 is 1.38 bits per heavy atom. The van der Waals surface area contributed by atoms with Gasteiger partial charge in [0, 0.05) is 0 Å². The SMILES string of the molecule is O=[N+]([O-])c1cnc(Cl)nc1-n1cc(Cl)cn1. The summed E-state index contributed by atoms with van der Waals surface area (Å²) in [6.07, 6.45) is 3.73. The number of aromatic nitrogens is 4. The molecular weight excluding hydrogens is 257 g/mol. The Kier molecular flexibility index (Phi) is 2.71. The van der Waals surface area contributed by atoms with Gasteiger partial charge in [-0.25, -0.2) is 9.67 Å². The Morgan fingerprint density at radius 3 is 2.69 bits per heavy atom. The molecule has 0 amide bonds. The minimum absolute atomic E-state index is 0.0306. The monoisotopic (exact) mass is 259 g/mol. The number of nitrogens with zero attached hydrogens (tertiary/aromatic N) is 5. The van der Waals surface area contributed by atoms with Gasteiger partial charge in [0.15, 0.2) is 0 Å². The zero-order chi connectivity index (χ0) is 11.7. The molecule has 2 heterocycles. The second-order valence-corrected chi connectivity index (χ2v) is 3.48. The summed E-state index contributed by atoms with van der Waals surface area (Å²) in [6.45, 7) is 0. The van der Waals surface area contributed by atoms with Crippen LogP contribution in [0.5, 0.6) is 0 Å². The molecule has 0 saturated heterocycles. The van der Waals surface area contributed by atoms with Crippen LogP contribution in [0.1, 0.15) is 0 Å². The molecule has 0 saturated carbocycles. The minimum atomic E-state index is -0.624. The van der Waals surface area contributed by atoms with Crippen LogP contribution in [0.3, 0.4) is 0 Å². The third-order valence-electron chi connectivity index (χ3n) is 1.69. The number of hydrogen-bond donors (Lipinski definition) is 0. The maximum atomic E-state index is 10.7. The molecule has 0 aliphatic carbocycles. The van der Waals surface area contributed by atoms with E-state index in [-0.39, 0.29) is 16.8 Å². The predicted molar refractivity (Wildman–Crippen MR) is 55.8 cm³/mol. The van der Waals surface area contributed by atoms with E-state index in [0.717, 1.165) is 10.9 Å². The van der Waals surface area contributed by atoms with Crippen molar-refractivity contribution < 1.29 is 4.92 Å². The molecule has 0 unspecified atom stereocenters. The van der Waals surface area contributed by atoms with Crippen molar-refractivity contribution in [3.05, 3.63) is 39.0 Å². The Hall–Kier alpha value is -1.73. The van der Waals surface area contributed by atoms with Crippen molar-refractivity contribution in [1.82, 2.24) is 19.7 Å². The molecule has 0 atom stereocenters. The first-order valence-corrected chi connectivity index (χ1v) is 4.71. The molecule has 7 nitrogen and oxygen atoms in total. The Bertz CT molecular complexity index is 555. The fourth-order valence-corrected chi connectivity index (χ4v) is 1.32. The number of hydrogen-bond acceptors (Lipinski definition) is 5. The van der Waals surface area contributed by atoms with Gasteiger partial charge in [0.25, 0.3) is 0 Å². The van der Waals surface area contributed by atoms with Crippen LogP contribution in [0.25, 0.3) is 5.82 Å². The molecule has 0 N–H and O–H groups in total. The second-order valence-electron chi connectivity index (χ2n) is 2.71. The van der Waals surface area contributed by atoms with Gasteiger partial charge in [-0.3, -0.25) is 10.1 Å². The molecule has 82 valence electrons. The average molecular weight is 260 g/mol. The van der Waals surface area contributed by atoms with Gasteiger partial charge in [0.1, 0.15) is 6.20 Å². The Balaban J connectivity index is 2.62. The van der Waals surface area contributed by atoms with E-state index in [1.54, 1.807) is 0 Å². The van der Waals surface area contributed by atoms with E-state index in [9.17, 15) is 10.1 Å². The largest absolute Gasteiger partial charge is 0.331 e. The molecule has 0 aromatic carbocycles. The highest BCUT2D eigenvalue weighted by Gasteiger charge is 2.19. The van der Waals surface area contributed by atoms with Crippen molar-refractivity contribution >= 4 is 28.9 Å². The topological polar surface area (TPSA) is 86.7 Å². The van der Waals surface area contributed by atoms with E-state index in [1.807, 2.05) is 0 Å². The molecule has 0 radical (unpaired) electrons. The summed E-state index contributed by atoms with van der Waals surface area (Å²) in [4.78, 5) is 17.4. The number of halogens is 2. The zero-order valence-corrected chi connectivity index (χ0v) is 9.05. The van der Waals surface area contributed by atoms with Gasteiger partial charge in [-0.1, -0.05) is 11.6 Å². The van der Waals surface area contributed by atoms with E-state index in [1.165, 1.54) is 12.4 Å². The molecule has 2 rings (SSSR count). The van der Waals surface area contributed by atoms with Gasteiger partial charge in [-0.15, -0.1) is 0 Å². The third-order valence-corrected chi connectivity index (χ3v) is 2.06. The molecular formula is C7H3Cl2N5O2. The normalized spacial score (nSPS) is 10.4. The highest BCUT2D eigenvalue weighted by molar-refractivity contribution is 6.30. The molecule has 0 aliphatic heterocycles. The number of nitro groups is 1. The van der Waals surface area contributed by atoms with Gasteiger partial charge in [-0.2, -0.15) is 10.1 Å².